The largest absolute Gasteiger partial charge is 0.314 e. The van der Waals surface area contributed by atoms with Gasteiger partial charge in [-0.2, -0.15) is 0 Å². The summed E-state index contributed by atoms with van der Waals surface area (Å²) < 4.78 is 0. The zero-order valence-electron chi connectivity index (χ0n) is 7.19. The van der Waals surface area contributed by atoms with E-state index in [1.165, 1.54) is 32.2 Å². The molecule has 2 unspecified atom stereocenters. The molecule has 0 amide bonds. The van der Waals surface area contributed by atoms with Gasteiger partial charge in [-0.1, -0.05) is 20.3 Å². The maximum atomic E-state index is 3.53. The van der Waals surface area contributed by atoms with Crippen LogP contribution in [0.25, 0.3) is 0 Å². The Bertz CT molecular complexity index is 80.7. The lowest BCUT2D eigenvalue weighted by Gasteiger charge is -2.28. The van der Waals surface area contributed by atoms with Crippen LogP contribution in [0.5, 0.6) is 0 Å². The maximum Gasteiger partial charge on any atom is 0.00670 e. The van der Waals surface area contributed by atoms with E-state index >= 15 is 0 Å². The number of hydrogen-bond donors (Lipinski definition) is 1. The monoisotopic (exact) mass is 141 g/mol. The Labute approximate surface area is 64.2 Å². The Balaban J connectivity index is 2.25. The van der Waals surface area contributed by atoms with E-state index in [9.17, 15) is 0 Å². The molecule has 0 aliphatic carbocycles. The van der Waals surface area contributed by atoms with Crippen molar-refractivity contribution in [2.45, 2.75) is 45.6 Å². The van der Waals surface area contributed by atoms with Gasteiger partial charge in [-0.15, -0.1) is 0 Å². The van der Waals surface area contributed by atoms with E-state index < -0.39 is 0 Å². The molecule has 60 valence electrons. The fourth-order valence-electron chi connectivity index (χ4n) is 1.78. The van der Waals surface area contributed by atoms with E-state index in [1.54, 1.807) is 0 Å². The second-order valence-corrected chi connectivity index (χ2v) is 3.36. The Morgan fingerprint density at radius 2 is 2.10 bits per heavy atom. The van der Waals surface area contributed by atoms with Gasteiger partial charge < -0.3 is 5.32 Å². The van der Waals surface area contributed by atoms with Crippen molar-refractivity contribution in [1.29, 1.82) is 0 Å². The molecule has 1 aliphatic rings. The smallest absolute Gasteiger partial charge is 0.00670 e. The van der Waals surface area contributed by atoms with Crippen LogP contribution < -0.4 is 5.32 Å². The van der Waals surface area contributed by atoms with Crippen LogP contribution in [-0.4, -0.2) is 12.6 Å². The molecule has 1 N–H and O–H groups in total. The molecule has 1 aliphatic heterocycles. The van der Waals surface area contributed by atoms with Gasteiger partial charge in [-0.3, -0.25) is 0 Å². The molecular weight excluding hydrogens is 122 g/mol. The summed E-state index contributed by atoms with van der Waals surface area (Å²) in [4.78, 5) is 0. The highest BCUT2D eigenvalue weighted by Crippen LogP contribution is 2.20. The SMILES string of the molecule is CCC1CCNC(CC)C1. The molecule has 0 aromatic carbocycles. The fourth-order valence-corrected chi connectivity index (χ4v) is 1.78. The van der Waals surface area contributed by atoms with Crippen molar-refractivity contribution in [3.8, 4) is 0 Å². The first-order valence-electron chi connectivity index (χ1n) is 4.60. The summed E-state index contributed by atoms with van der Waals surface area (Å²) in [5, 5.41) is 3.53. The summed E-state index contributed by atoms with van der Waals surface area (Å²) in [5.74, 6) is 1.01. The van der Waals surface area contributed by atoms with Gasteiger partial charge in [0.05, 0.1) is 0 Å². The molecular formula is C9H19N. The lowest BCUT2D eigenvalue weighted by molar-refractivity contribution is 0.290. The van der Waals surface area contributed by atoms with Crippen LogP contribution in [0, 0.1) is 5.92 Å². The average molecular weight is 141 g/mol. The van der Waals surface area contributed by atoms with Gasteiger partial charge in [0.15, 0.2) is 0 Å². The van der Waals surface area contributed by atoms with Crippen molar-refractivity contribution >= 4 is 0 Å². The van der Waals surface area contributed by atoms with Crippen molar-refractivity contribution in [1.82, 2.24) is 5.32 Å². The lowest BCUT2D eigenvalue weighted by atomic mass is 9.89. The molecule has 0 aromatic heterocycles. The molecule has 0 aromatic rings. The van der Waals surface area contributed by atoms with Crippen LogP contribution in [-0.2, 0) is 0 Å². The minimum atomic E-state index is 0.818. The first-order valence-corrected chi connectivity index (χ1v) is 4.60. The quantitative estimate of drug-likeness (QED) is 0.621. The van der Waals surface area contributed by atoms with Gasteiger partial charge in [0.1, 0.15) is 0 Å². The van der Waals surface area contributed by atoms with E-state index in [0.717, 1.165) is 12.0 Å². The van der Waals surface area contributed by atoms with E-state index in [-0.39, 0.29) is 0 Å². The Hall–Kier alpha value is -0.0400. The van der Waals surface area contributed by atoms with Gasteiger partial charge in [0.2, 0.25) is 0 Å². The third kappa shape index (κ3) is 1.98. The second kappa shape index (κ2) is 3.97. The van der Waals surface area contributed by atoms with E-state index in [4.69, 9.17) is 0 Å². The molecule has 0 spiro atoms. The third-order valence-electron chi connectivity index (χ3n) is 2.67. The highest BCUT2D eigenvalue weighted by atomic mass is 14.9. The summed E-state index contributed by atoms with van der Waals surface area (Å²) in [5.41, 5.74) is 0. The van der Waals surface area contributed by atoms with E-state index in [0.29, 0.717) is 0 Å². The van der Waals surface area contributed by atoms with Gasteiger partial charge >= 0.3 is 0 Å². The van der Waals surface area contributed by atoms with Crippen molar-refractivity contribution in [3.63, 3.8) is 0 Å². The maximum absolute atomic E-state index is 3.53. The van der Waals surface area contributed by atoms with Crippen molar-refractivity contribution in [2.75, 3.05) is 6.54 Å². The van der Waals surface area contributed by atoms with E-state index in [1.807, 2.05) is 0 Å². The van der Waals surface area contributed by atoms with Crippen LogP contribution in [0.2, 0.25) is 0 Å². The molecule has 1 fully saturated rings. The summed E-state index contributed by atoms with van der Waals surface area (Å²) in [6.07, 6.45) is 5.48. The Morgan fingerprint density at radius 3 is 2.70 bits per heavy atom. The first-order chi connectivity index (χ1) is 4.86. The van der Waals surface area contributed by atoms with Gasteiger partial charge in [0.25, 0.3) is 0 Å². The minimum absolute atomic E-state index is 0.818. The second-order valence-electron chi connectivity index (χ2n) is 3.36. The molecule has 1 heteroatoms. The predicted molar refractivity (Wildman–Crippen MR) is 45.1 cm³/mol. The standard InChI is InChI=1S/C9H19N/c1-3-8-5-6-10-9(4-2)7-8/h8-10H,3-7H2,1-2H3. The molecule has 2 atom stereocenters. The Kier molecular flexibility index (Phi) is 3.20. The van der Waals surface area contributed by atoms with Gasteiger partial charge in [-0.25, -0.2) is 0 Å². The zero-order valence-corrected chi connectivity index (χ0v) is 7.19. The molecule has 10 heavy (non-hydrogen) atoms. The van der Waals surface area contributed by atoms with E-state index in [2.05, 4.69) is 19.2 Å². The first kappa shape index (κ1) is 8.06. The Morgan fingerprint density at radius 1 is 1.30 bits per heavy atom. The molecule has 1 rings (SSSR count). The highest BCUT2D eigenvalue weighted by Gasteiger charge is 2.17. The molecule has 0 radical (unpaired) electrons. The summed E-state index contributed by atoms with van der Waals surface area (Å²) in [6.45, 7) is 5.83. The average Bonchev–Trinajstić information content (AvgIpc) is 2.05. The predicted octanol–water partition coefficient (Wildman–Crippen LogP) is 2.17. The molecule has 0 saturated carbocycles. The normalized spacial score (nSPS) is 34.2. The third-order valence-corrected chi connectivity index (χ3v) is 2.67. The summed E-state index contributed by atoms with van der Waals surface area (Å²) in [6, 6.07) is 0.818. The van der Waals surface area contributed by atoms with Gasteiger partial charge in [-0.05, 0) is 31.7 Å². The zero-order chi connectivity index (χ0) is 7.40. The highest BCUT2D eigenvalue weighted by molar-refractivity contribution is 4.76. The van der Waals surface area contributed by atoms with Crippen molar-refractivity contribution in [3.05, 3.63) is 0 Å². The topological polar surface area (TPSA) is 12.0 Å². The summed E-state index contributed by atoms with van der Waals surface area (Å²) >= 11 is 0. The fraction of sp³-hybridized carbons (Fsp3) is 1.00. The van der Waals surface area contributed by atoms with Crippen LogP contribution in [0.1, 0.15) is 39.5 Å². The minimum Gasteiger partial charge on any atom is -0.314 e. The molecule has 1 saturated heterocycles. The molecule has 1 heterocycles. The number of nitrogens with one attached hydrogen (secondary N) is 1. The van der Waals surface area contributed by atoms with Crippen LogP contribution in [0.4, 0.5) is 0 Å². The number of piperidine rings is 1. The molecule has 1 nitrogen and oxygen atoms in total. The summed E-state index contributed by atoms with van der Waals surface area (Å²) in [7, 11) is 0. The van der Waals surface area contributed by atoms with Crippen LogP contribution in [0.3, 0.4) is 0 Å². The van der Waals surface area contributed by atoms with Crippen molar-refractivity contribution < 1.29 is 0 Å². The van der Waals surface area contributed by atoms with Gasteiger partial charge in [0, 0.05) is 6.04 Å². The molecule has 0 bridgehead atoms. The number of hydrogen-bond acceptors (Lipinski definition) is 1. The lowest BCUT2D eigenvalue weighted by Crippen LogP contribution is -2.37. The number of rotatable bonds is 2. The van der Waals surface area contributed by atoms with Crippen LogP contribution in [0.15, 0.2) is 0 Å². The van der Waals surface area contributed by atoms with Crippen LogP contribution >= 0.6 is 0 Å². The van der Waals surface area contributed by atoms with Crippen molar-refractivity contribution in [2.24, 2.45) is 5.92 Å².